The zero-order valence-electron chi connectivity index (χ0n) is 20.0. The minimum absolute atomic E-state index is 0.0724. The SMILES string of the molecule is CCCCC(=O)ON(CC1CN(c2ccc(N3CCOCC3)c(F)c2)C(=O)O1)C(=O)CCCC. The molecule has 0 bridgehead atoms. The topological polar surface area (TPSA) is 88.6 Å². The highest BCUT2D eigenvalue weighted by Crippen LogP contribution is 2.28. The van der Waals surface area contributed by atoms with E-state index in [1.54, 1.807) is 12.1 Å². The van der Waals surface area contributed by atoms with Crippen LogP contribution in [0, 0.1) is 5.82 Å². The van der Waals surface area contributed by atoms with E-state index >= 15 is 0 Å². The van der Waals surface area contributed by atoms with Crippen molar-refractivity contribution in [3.63, 3.8) is 0 Å². The molecule has 0 spiro atoms. The Morgan fingerprint density at radius 3 is 2.53 bits per heavy atom. The van der Waals surface area contributed by atoms with Gasteiger partial charge in [-0.3, -0.25) is 9.69 Å². The fraction of sp³-hybridized carbons (Fsp3) is 0.625. The smallest absolute Gasteiger partial charge is 0.414 e. The number of anilines is 2. The van der Waals surface area contributed by atoms with Gasteiger partial charge in [0.25, 0.3) is 5.91 Å². The monoisotopic (exact) mass is 479 g/mol. The fourth-order valence-corrected chi connectivity index (χ4v) is 3.87. The summed E-state index contributed by atoms with van der Waals surface area (Å²) in [5.74, 6) is -1.26. The Labute approximate surface area is 199 Å². The van der Waals surface area contributed by atoms with E-state index in [1.807, 2.05) is 18.7 Å². The van der Waals surface area contributed by atoms with Crippen molar-refractivity contribution in [1.29, 1.82) is 0 Å². The van der Waals surface area contributed by atoms with Crippen LogP contribution in [-0.2, 0) is 23.9 Å². The molecule has 9 nitrogen and oxygen atoms in total. The van der Waals surface area contributed by atoms with Gasteiger partial charge in [-0.2, -0.15) is 5.06 Å². The lowest BCUT2D eigenvalue weighted by Crippen LogP contribution is -2.40. The first-order valence-corrected chi connectivity index (χ1v) is 12.0. The van der Waals surface area contributed by atoms with Crippen LogP contribution < -0.4 is 9.80 Å². The Kier molecular flexibility index (Phi) is 9.50. The summed E-state index contributed by atoms with van der Waals surface area (Å²) in [7, 11) is 0. The van der Waals surface area contributed by atoms with Crippen molar-refractivity contribution >= 4 is 29.3 Å². The first-order chi connectivity index (χ1) is 16.4. The van der Waals surface area contributed by atoms with E-state index in [2.05, 4.69) is 0 Å². The molecule has 1 aromatic carbocycles. The lowest BCUT2D eigenvalue weighted by Gasteiger charge is -2.29. The molecule has 188 valence electrons. The maximum Gasteiger partial charge on any atom is 0.414 e. The number of nitrogens with zero attached hydrogens (tertiary/aromatic N) is 3. The Morgan fingerprint density at radius 1 is 1.15 bits per heavy atom. The van der Waals surface area contributed by atoms with E-state index in [0.29, 0.717) is 50.5 Å². The van der Waals surface area contributed by atoms with Crippen molar-refractivity contribution in [3.05, 3.63) is 24.0 Å². The largest absolute Gasteiger partial charge is 0.442 e. The number of halogens is 1. The molecule has 0 radical (unpaired) electrons. The number of hydrogen-bond acceptors (Lipinski definition) is 7. The third-order valence-electron chi connectivity index (χ3n) is 5.81. The number of carbonyl (C=O) groups is 3. The highest BCUT2D eigenvalue weighted by molar-refractivity contribution is 5.90. The number of amides is 2. The average Bonchev–Trinajstić information content (AvgIpc) is 3.21. The lowest BCUT2D eigenvalue weighted by atomic mass is 10.2. The molecule has 10 heteroatoms. The molecule has 2 aliphatic heterocycles. The molecule has 0 aromatic heterocycles. The summed E-state index contributed by atoms with van der Waals surface area (Å²) >= 11 is 0. The van der Waals surface area contributed by atoms with Gasteiger partial charge in [0.2, 0.25) is 0 Å². The number of hydrogen-bond donors (Lipinski definition) is 0. The van der Waals surface area contributed by atoms with E-state index in [9.17, 15) is 18.8 Å². The zero-order chi connectivity index (χ0) is 24.5. The molecule has 0 N–H and O–H groups in total. The van der Waals surface area contributed by atoms with E-state index in [1.165, 1.54) is 11.0 Å². The van der Waals surface area contributed by atoms with Crippen molar-refractivity contribution < 1.29 is 33.1 Å². The van der Waals surface area contributed by atoms with Crippen molar-refractivity contribution in [2.75, 3.05) is 49.2 Å². The molecule has 0 saturated carbocycles. The second-order valence-corrected chi connectivity index (χ2v) is 8.48. The molecule has 2 heterocycles. The number of unbranched alkanes of at least 4 members (excludes halogenated alkanes) is 2. The molecule has 2 fully saturated rings. The number of rotatable bonds is 10. The summed E-state index contributed by atoms with van der Waals surface area (Å²) < 4.78 is 25.5. The third kappa shape index (κ3) is 6.82. The van der Waals surface area contributed by atoms with Gasteiger partial charge in [-0.1, -0.05) is 26.7 Å². The summed E-state index contributed by atoms with van der Waals surface area (Å²) in [6.07, 6.45) is 2.06. The van der Waals surface area contributed by atoms with Gasteiger partial charge < -0.3 is 19.2 Å². The fourth-order valence-electron chi connectivity index (χ4n) is 3.87. The van der Waals surface area contributed by atoms with Gasteiger partial charge in [0.05, 0.1) is 37.7 Å². The molecule has 1 unspecified atom stereocenters. The van der Waals surface area contributed by atoms with Gasteiger partial charge in [0.1, 0.15) is 11.9 Å². The molecule has 0 aliphatic carbocycles. The Hall–Kier alpha value is -2.88. The molecule has 34 heavy (non-hydrogen) atoms. The molecule has 2 aliphatic rings. The zero-order valence-corrected chi connectivity index (χ0v) is 20.0. The first kappa shape index (κ1) is 25.7. The van der Waals surface area contributed by atoms with Crippen LogP contribution in [0.4, 0.5) is 20.6 Å². The van der Waals surface area contributed by atoms with Crippen LogP contribution in [0.3, 0.4) is 0 Å². The summed E-state index contributed by atoms with van der Waals surface area (Å²) in [5, 5.41) is 1.01. The van der Waals surface area contributed by atoms with Crippen LogP contribution in [0.25, 0.3) is 0 Å². The van der Waals surface area contributed by atoms with E-state index in [0.717, 1.165) is 17.9 Å². The number of ether oxygens (including phenoxy) is 2. The predicted octanol–water partition coefficient (Wildman–Crippen LogP) is 3.65. The Balaban J connectivity index is 1.65. The summed E-state index contributed by atoms with van der Waals surface area (Å²) in [5.41, 5.74) is 0.827. The van der Waals surface area contributed by atoms with Gasteiger partial charge in [0.15, 0.2) is 0 Å². The Morgan fingerprint density at radius 2 is 1.85 bits per heavy atom. The molecular weight excluding hydrogens is 445 g/mol. The van der Waals surface area contributed by atoms with Crippen LogP contribution in [0.15, 0.2) is 18.2 Å². The number of cyclic esters (lactones) is 1. The lowest BCUT2D eigenvalue weighted by molar-refractivity contribution is -0.201. The molecule has 1 atom stereocenters. The van der Waals surface area contributed by atoms with Crippen molar-refractivity contribution in [2.24, 2.45) is 0 Å². The van der Waals surface area contributed by atoms with Crippen LogP contribution in [0.5, 0.6) is 0 Å². The second-order valence-electron chi connectivity index (χ2n) is 8.48. The van der Waals surface area contributed by atoms with Crippen LogP contribution in [0.1, 0.15) is 52.4 Å². The van der Waals surface area contributed by atoms with Gasteiger partial charge in [-0.15, -0.1) is 0 Å². The predicted molar refractivity (Wildman–Crippen MR) is 124 cm³/mol. The number of hydroxylamine groups is 2. The van der Waals surface area contributed by atoms with Gasteiger partial charge in [0, 0.05) is 25.9 Å². The van der Waals surface area contributed by atoms with E-state index in [-0.39, 0.29) is 31.8 Å². The molecule has 2 saturated heterocycles. The van der Waals surface area contributed by atoms with Crippen LogP contribution in [-0.4, -0.2) is 68.5 Å². The van der Waals surface area contributed by atoms with Crippen molar-refractivity contribution in [2.45, 2.75) is 58.5 Å². The average molecular weight is 480 g/mol. The van der Waals surface area contributed by atoms with Crippen molar-refractivity contribution in [1.82, 2.24) is 5.06 Å². The summed E-state index contributed by atoms with van der Waals surface area (Å²) in [6, 6.07) is 4.63. The minimum atomic E-state index is -0.709. The highest BCUT2D eigenvalue weighted by Gasteiger charge is 2.36. The van der Waals surface area contributed by atoms with Crippen LogP contribution in [0.2, 0.25) is 0 Å². The molecule has 3 rings (SSSR count). The third-order valence-corrected chi connectivity index (χ3v) is 5.81. The maximum absolute atomic E-state index is 14.8. The molecule has 2 amide bonds. The molecular formula is C24H34FN3O6. The Bertz CT molecular complexity index is 861. The number of morpholine rings is 1. The van der Waals surface area contributed by atoms with Crippen LogP contribution >= 0.6 is 0 Å². The quantitative estimate of drug-likeness (QED) is 0.473. The second kappa shape index (κ2) is 12.5. The van der Waals surface area contributed by atoms with E-state index < -0.39 is 24.0 Å². The van der Waals surface area contributed by atoms with Crippen molar-refractivity contribution in [3.8, 4) is 0 Å². The normalized spacial score (nSPS) is 18.1. The maximum atomic E-state index is 14.8. The highest BCUT2D eigenvalue weighted by atomic mass is 19.1. The number of benzene rings is 1. The van der Waals surface area contributed by atoms with Gasteiger partial charge in [-0.05, 0) is 31.0 Å². The standard InChI is InChI=1S/C24H34FN3O6/c1-3-5-7-22(29)28(34-23(30)8-6-4-2)17-19-16-27(24(31)33-19)18-9-10-21(20(25)15-18)26-11-13-32-14-12-26/h9-10,15,19H,3-8,11-14,16-17H2,1-2H3. The number of carbonyl (C=O) groups excluding carboxylic acids is 3. The first-order valence-electron chi connectivity index (χ1n) is 12.0. The van der Waals surface area contributed by atoms with E-state index in [4.69, 9.17) is 14.3 Å². The van der Waals surface area contributed by atoms with Gasteiger partial charge >= 0.3 is 12.1 Å². The minimum Gasteiger partial charge on any atom is -0.442 e. The molecule has 1 aromatic rings. The summed E-state index contributed by atoms with van der Waals surface area (Å²) in [4.78, 5) is 45.8. The summed E-state index contributed by atoms with van der Waals surface area (Å²) in [6.45, 7) is 6.24. The van der Waals surface area contributed by atoms with Gasteiger partial charge in [-0.25, -0.2) is 14.0 Å².